The number of alkyl halides is 3. The third-order valence-corrected chi connectivity index (χ3v) is 2.04. The summed E-state index contributed by atoms with van der Waals surface area (Å²) in [5.41, 5.74) is 0. The van der Waals surface area contributed by atoms with Crippen molar-refractivity contribution < 1.29 is 32.2 Å². The topological polar surface area (TPSA) is 58.6 Å². The lowest BCUT2D eigenvalue weighted by Crippen LogP contribution is -2.42. The maximum Gasteiger partial charge on any atom is 0.416 e. The van der Waals surface area contributed by atoms with E-state index in [1.54, 1.807) is 0 Å². The van der Waals surface area contributed by atoms with Crippen molar-refractivity contribution in [3.8, 4) is 5.75 Å². The molecule has 1 atom stereocenters. The number of ether oxygens (including phenoxy) is 1. The van der Waals surface area contributed by atoms with Gasteiger partial charge in [0, 0.05) is 6.07 Å². The summed E-state index contributed by atoms with van der Waals surface area (Å²) in [5, 5.41) is 10.5. The van der Waals surface area contributed by atoms with Gasteiger partial charge in [-0.25, -0.2) is 4.39 Å². The number of hydrogen-bond donors (Lipinski definition) is 2. The van der Waals surface area contributed by atoms with Crippen molar-refractivity contribution in [3.05, 3.63) is 30.1 Å². The Bertz CT molecular complexity index is 436. The van der Waals surface area contributed by atoms with Gasteiger partial charge in [-0.3, -0.25) is 4.79 Å². The van der Waals surface area contributed by atoms with Crippen molar-refractivity contribution in [2.45, 2.75) is 12.3 Å². The van der Waals surface area contributed by atoms with Crippen molar-refractivity contribution in [2.75, 3.05) is 13.2 Å². The average molecular weight is 281 g/mol. The van der Waals surface area contributed by atoms with E-state index in [0.717, 1.165) is 6.07 Å². The van der Waals surface area contributed by atoms with Crippen LogP contribution in [0.5, 0.6) is 5.75 Å². The standard InChI is InChI=1S/C11H11F4NO3/c12-7-2-1-3-8(4-7)19-6-10(18)16-5-9(17)11(13,14)15/h1-4,9,17H,5-6H2,(H,16,18). The van der Waals surface area contributed by atoms with Crippen LogP contribution in [0.1, 0.15) is 0 Å². The fourth-order valence-electron chi connectivity index (χ4n) is 1.08. The lowest BCUT2D eigenvalue weighted by atomic mass is 10.3. The van der Waals surface area contributed by atoms with Crippen molar-refractivity contribution >= 4 is 5.91 Å². The van der Waals surface area contributed by atoms with E-state index in [4.69, 9.17) is 9.84 Å². The molecule has 2 N–H and O–H groups in total. The number of hydrogen-bond acceptors (Lipinski definition) is 3. The number of halogens is 4. The highest BCUT2D eigenvalue weighted by molar-refractivity contribution is 5.77. The molecule has 1 aromatic carbocycles. The summed E-state index contributed by atoms with van der Waals surface area (Å²) in [6.07, 6.45) is -7.43. The van der Waals surface area contributed by atoms with E-state index < -0.39 is 37.2 Å². The quantitative estimate of drug-likeness (QED) is 0.798. The molecule has 0 aromatic heterocycles. The molecule has 1 unspecified atom stereocenters. The molecule has 1 aromatic rings. The zero-order valence-corrected chi connectivity index (χ0v) is 9.58. The normalized spacial score (nSPS) is 12.9. The second-order valence-electron chi connectivity index (χ2n) is 3.61. The zero-order chi connectivity index (χ0) is 14.5. The van der Waals surface area contributed by atoms with Crippen LogP contribution in [0.2, 0.25) is 0 Å². The molecule has 0 aliphatic carbocycles. The van der Waals surface area contributed by atoms with Crippen LogP contribution >= 0.6 is 0 Å². The van der Waals surface area contributed by atoms with Gasteiger partial charge in [-0.05, 0) is 12.1 Å². The number of rotatable bonds is 5. The number of aliphatic hydroxyl groups excluding tert-OH is 1. The van der Waals surface area contributed by atoms with Gasteiger partial charge >= 0.3 is 6.18 Å². The molecule has 0 fully saturated rings. The number of amides is 1. The molecule has 0 bridgehead atoms. The molecule has 0 saturated carbocycles. The number of aliphatic hydroxyl groups is 1. The Morgan fingerprint density at radius 1 is 1.42 bits per heavy atom. The number of nitrogens with one attached hydrogen (secondary N) is 1. The van der Waals surface area contributed by atoms with E-state index in [1.807, 2.05) is 5.32 Å². The van der Waals surface area contributed by atoms with Crippen molar-refractivity contribution in [1.29, 1.82) is 0 Å². The van der Waals surface area contributed by atoms with Gasteiger partial charge < -0.3 is 15.2 Å². The van der Waals surface area contributed by atoms with Crippen molar-refractivity contribution in [3.63, 3.8) is 0 Å². The highest BCUT2D eigenvalue weighted by atomic mass is 19.4. The van der Waals surface area contributed by atoms with Gasteiger partial charge in [0.05, 0.1) is 6.54 Å². The third kappa shape index (κ3) is 5.56. The summed E-state index contributed by atoms with van der Waals surface area (Å²) in [6.45, 7) is -1.54. The maximum absolute atomic E-state index is 12.7. The van der Waals surface area contributed by atoms with Gasteiger partial charge in [0.15, 0.2) is 12.7 Å². The first-order valence-electron chi connectivity index (χ1n) is 5.19. The first-order chi connectivity index (χ1) is 8.79. The Morgan fingerprint density at radius 3 is 2.68 bits per heavy atom. The molecule has 0 aliphatic heterocycles. The molecular weight excluding hydrogens is 270 g/mol. The van der Waals surface area contributed by atoms with Gasteiger partial charge in [0.25, 0.3) is 5.91 Å². The van der Waals surface area contributed by atoms with E-state index in [1.165, 1.54) is 18.2 Å². The Labute approximate surface area is 106 Å². The van der Waals surface area contributed by atoms with Crippen LogP contribution in [-0.2, 0) is 4.79 Å². The minimum Gasteiger partial charge on any atom is -0.484 e. The smallest absolute Gasteiger partial charge is 0.416 e. The van der Waals surface area contributed by atoms with Gasteiger partial charge in [-0.1, -0.05) is 6.07 Å². The second kappa shape index (κ2) is 6.37. The van der Waals surface area contributed by atoms with Gasteiger partial charge in [-0.15, -0.1) is 0 Å². The van der Waals surface area contributed by atoms with Gasteiger partial charge in [-0.2, -0.15) is 13.2 Å². The molecule has 1 rings (SSSR count). The van der Waals surface area contributed by atoms with Crippen LogP contribution in [0.15, 0.2) is 24.3 Å². The second-order valence-corrected chi connectivity index (χ2v) is 3.61. The van der Waals surface area contributed by atoms with E-state index in [9.17, 15) is 22.4 Å². The molecule has 0 aliphatic rings. The number of carbonyl (C=O) groups is 1. The number of benzene rings is 1. The summed E-state index contributed by atoms with van der Waals surface area (Å²) in [6, 6.07) is 4.95. The van der Waals surface area contributed by atoms with E-state index in [-0.39, 0.29) is 5.75 Å². The number of carbonyl (C=O) groups excluding carboxylic acids is 1. The van der Waals surface area contributed by atoms with Crippen LogP contribution < -0.4 is 10.1 Å². The Balaban J connectivity index is 2.33. The van der Waals surface area contributed by atoms with Crippen LogP contribution in [0.3, 0.4) is 0 Å². The molecule has 0 spiro atoms. The predicted molar refractivity (Wildman–Crippen MR) is 57.0 cm³/mol. The third-order valence-electron chi connectivity index (χ3n) is 2.04. The summed E-state index contributed by atoms with van der Waals surface area (Å²) in [4.78, 5) is 11.1. The molecular formula is C11H11F4NO3. The molecule has 19 heavy (non-hydrogen) atoms. The van der Waals surface area contributed by atoms with E-state index >= 15 is 0 Å². The van der Waals surface area contributed by atoms with Crippen LogP contribution in [0, 0.1) is 5.82 Å². The summed E-state index contributed by atoms with van der Waals surface area (Å²) in [5.74, 6) is -1.34. The van der Waals surface area contributed by atoms with Crippen LogP contribution in [0.25, 0.3) is 0 Å². The van der Waals surface area contributed by atoms with Crippen molar-refractivity contribution in [1.82, 2.24) is 5.32 Å². The fourth-order valence-corrected chi connectivity index (χ4v) is 1.08. The SMILES string of the molecule is O=C(COc1cccc(F)c1)NCC(O)C(F)(F)F. The molecule has 0 saturated heterocycles. The van der Waals surface area contributed by atoms with E-state index in [2.05, 4.69) is 0 Å². The monoisotopic (exact) mass is 281 g/mol. The lowest BCUT2D eigenvalue weighted by Gasteiger charge is -2.15. The lowest BCUT2D eigenvalue weighted by molar-refractivity contribution is -0.201. The highest BCUT2D eigenvalue weighted by Crippen LogP contribution is 2.19. The Kier molecular flexibility index (Phi) is 5.11. The molecule has 0 heterocycles. The fraction of sp³-hybridized carbons (Fsp3) is 0.364. The average Bonchev–Trinajstić information content (AvgIpc) is 2.32. The Hall–Kier alpha value is -1.83. The summed E-state index contributed by atoms with van der Waals surface area (Å²) in [7, 11) is 0. The van der Waals surface area contributed by atoms with Crippen LogP contribution in [0.4, 0.5) is 17.6 Å². The first-order valence-corrected chi connectivity index (χ1v) is 5.19. The molecule has 106 valence electrons. The molecule has 8 heteroatoms. The Morgan fingerprint density at radius 2 is 2.11 bits per heavy atom. The summed E-state index contributed by atoms with van der Waals surface area (Å²) < 4.78 is 53.4. The molecule has 4 nitrogen and oxygen atoms in total. The van der Waals surface area contributed by atoms with Gasteiger partial charge in [0.1, 0.15) is 11.6 Å². The predicted octanol–water partition coefficient (Wildman–Crippen LogP) is 1.24. The van der Waals surface area contributed by atoms with Crippen LogP contribution in [-0.4, -0.2) is 36.4 Å². The summed E-state index contributed by atoms with van der Waals surface area (Å²) >= 11 is 0. The zero-order valence-electron chi connectivity index (χ0n) is 9.58. The van der Waals surface area contributed by atoms with E-state index in [0.29, 0.717) is 0 Å². The molecule has 1 amide bonds. The van der Waals surface area contributed by atoms with Crippen molar-refractivity contribution in [2.24, 2.45) is 0 Å². The maximum atomic E-state index is 12.7. The largest absolute Gasteiger partial charge is 0.484 e. The minimum atomic E-state index is -4.79. The first kappa shape index (κ1) is 15.2. The minimum absolute atomic E-state index is 0.0755. The highest BCUT2D eigenvalue weighted by Gasteiger charge is 2.38. The molecule has 0 radical (unpaired) electrons. The van der Waals surface area contributed by atoms with Gasteiger partial charge in [0.2, 0.25) is 0 Å².